The third-order valence-electron chi connectivity index (χ3n) is 2.29. The Morgan fingerprint density at radius 2 is 2.00 bits per heavy atom. The Morgan fingerprint density at radius 1 is 1.50 bits per heavy atom. The van der Waals surface area contributed by atoms with Crippen molar-refractivity contribution in [2.24, 2.45) is 0 Å². The molecule has 0 aromatic heterocycles. The molecule has 92 valence electrons. The number of carbonyl (C=O) groups excluding carboxylic acids is 2. The van der Waals surface area contributed by atoms with E-state index in [2.05, 4.69) is 0 Å². The second-order valence-electron chi connectivity index (χ2n) is 3.82. The van der Waals surface area contributed by atoms with Gasteiger partial charge in [0.05, 0.1) is 12.6 Å². The maximum absolute atomic E-state index is 12.6. The Bertz CT molecular complexity index is 329. The van der Waals surface area contributed by atoms with E-state index in [1.54, 1.807) is 5.32 Å². The van der Waals surface area contributed by atoms with E-state index in [0.29, 0.717) is 11.8 Å². The Hall–Kier alpha value is -1.31. The summed E-state index contributed by atoms with van der Waals surface area (Å²) < 4.78 is 37.7. The molecule has 3 amide bonds. The van der Waals surface area contributed by atoms with Gasteiger partial charge in [0.1, 0.15) is 0 Å². The minimum Gasteiger partial charge on any atom is -0.392 e. The van der Waals surface area contributed by atoms with E-state index in [9.17, 15) is 22.8 Å². The molecule has 1 aliphatic rings. The van der Waals surface area contributed by atoms with Crippen molar-refractivity contribution in [3.05, 3.63) is 0 Å². The Balaban J connectivity index is 2.99. The van der Waals surface area contributed by atoms with Gasteiger partial charge in [0.15, 0.2) is 0 Å². The van der Waals surface area contributed by atoms with Crippen LogP contribution in [0.4, 0.5) is 18.0 Å². The van der Waals surface area contributed by atoms with Crippen LogP contribution in [0, 0.1) is 0 Å². The molecule has 0 aliphatic carbocycles. The summed E-state index contributed by atoms with van der Waals surface area (Å²) in [6.45, 7) is 1.40. The van der Waals surface area contributed by atoms with Gasteiger partial charge >= 0.3 is 12.2 Å². The van der Waals surface area contributed by atoms with Gasteiger partial charge in [-0.15, -0.1) is 0 Å². The van der Waals surface area contributed by atoms with E-state index in [4.69, 9.17) is 5.11 Å². The van der Waals surface area contributed by atoms with Crippen LogP contribution in [-0.2, 0) is 4.79 Å². The van der Waals surface area contributed by atoms with Gasteiger partial charge in [0.25, 0.3) is 5.91 Å². The fraction of sp³-hybridized carbons (Fsp3) is 0.750. The van der Waals surface area contributed by atoms with Gasteiger partial charge in [-0.25, -0.2) is 4.79 Å². The highest BCUT2D eigenvalue weighted by atomic mass is 19.4. The standard InChI is InChI=1S/C8H11F3N2O3/c1-4(14)3-13-5(15)7(2,8(9,10)11)12-6(13)16/h4,14H,3H2,1-2H3,(H,12,16). The molecule has 5 nitrogen and oxygen atoms in total. The SMILES string of the molecule is CC(O)CN1C(=O)NC(C)(C(F)(F)F)C1=O. The number of hydrogen-bond acceptors (Lipinski definition) is 3. The van der Waals surface area contributed by atoms with Crippen molar-refractivity contribution in [2.75, 3.05) is 6.54 Å². The van der Waals surface area contributed by atoms with Gasteiger partial charge in [-0.05, 0) is 13.8 Å². The van der Waals surface area contributed by atoms with E-state index >= 15 is 0 Å². The first-order valence-corrected chi connectivity index (χ1v) is 4.48. The van der Waals surface area contributed by atoms with Gasteiger partial charge in [0, 0.05) is 0 Å². The summed E-state index contributed by atoms with van der Waals surface area (Å²) in [5.74, 6) is -1.40. The summed E-state index contributed by atoms with van der Waals surface area (Å²) in [6.07, 6.45) is -5.95. The smallest absolute Gasteiger partial charge is 0.392 e. The van der Waals surface area contributed by atoms with Gasteiger partial charge < -0.3 is 10.4 Å². The van der Waals surface area contributed by atoms with Crippen LogP contribution in [0.1, 0.15) is 13.8 Å². The number of hydrogen-bond donors (Lipinski definition) is 2. The van der Waals surface area contributed by atoms with Crippen molar-refractivity contribution in [2.45, 2.75) is 31.7 Å². The third kappa shape index (κ3) is 1.84. The molecule has 0 bridgehead atoms. The summed E-state index contributed by atoms with van der Waals surface area (Å²) in [6, 6.07) is -1.15. The average Bonchev–Trinajstić information content (AvgIpc) is 2.28. The van der Waals surface area contributed by atoms with Crippen LogP contribution < -0.4 is 5.32 Å². The lowest BCUT2D eigenvalue weighted by Crippen LogP contribution is -2.56. The van der Waals surface area contributed by atoms with Gasteiger partial charge in [-0.1, -0.05) is 0 Å². The number of amides is 3. The maximum atomic E-state index is 12.6. The molecule has 1 heterocycles. The first-order valence-electron chi connectivity index (χ1n) is 4.48. The minimum atomic E-state index is -4.87. The van der Waals surface area contributed by atoms with E-state index in [-0.39, 0.29) is 0 Å². The number of β-amino-alcohol motifs (C(OH)–C–C–N with tert-alkyl or cyclic N) is 1. The summed E-state index contributed by atoms with van der Waals surface area (Å²) in [5.41, 5.74) is -2.90. The number of rotatable bonds is 2. The molecule has 1 fully saturated rings. The third-order valence-corrected chi connectivity index (χ3v) is 2.29. The summed E-state index contributed by atoms with van der Waals surface area (Å²) in [4.78, 5) is 23.0. The summed E-state index contributed by atoms with van der Waals surface area (Å²) in [7, 11) is 0. The van der Waals surface area contributed by atoms with Crippen LogP contribution in [0.5, 0.6) is 0 Å². The van der Waals surface area contributed by atoms with Gasteiger partial charge in [-0.2, -0.15) is 13.2 Å². The maximum Gasteiger partial charge on any atom is 0.420 e. The highest BCUT2D eigenvalue weighted by Crippen LogP contribution is 2.35. The zero-order valence-corrected chi connectivity index (χ0v) is 8.63. The number of urea groups is 1. The van der Waals surface area contributed by atoms with Crippen molar-refractivity contribution in [1.29, 1.82) is 0 Å². The number of nitrogens with zero attached hydrogens (tertiary/aromatic N) is 1. The molecular weight excluding hydrogens is 229 g/mol. The van der Waals surface area contributed by atoms with Gasteiger partial charge in [-0.3, -0.25) is 9.69 Å². The van der Waals surface area contributed by atoms with Crippen LogP contribution in [0.15, 0.2) is 0 Å². The number of halogens is 3. The molecular formula is C8H11F3N2O3. The number of nitrogens with one attached hydrogen (secondary N) is 1. The largest absolute Gasteiger partial charge is 0.420 e. The number of imide groups is 1. The molecule has 8 heteroatoms. The van der Waals surface area contributed by atoms with E-state index in [1.165, 1.54) is 6.92 Å². The van der Waals surface area contributed by atoms with Crippen molar-refractivity contribution >= 4 is 11.9 Å². The van der Waals surface area contributed by atoms with E-state index < -0.39 is 36.3 Å². The molecule has 1 rings (SSSR count). The average molecular weight is 240 g/mol. The molecule has 0 saturated carbocycles. The first kappa shape index (κ1) is 12.8. The minimum absolute atomic E-state index is 0.359. The first-order chi connectivity index (χ1) is 7.09. The molecule has 1 aliphatic heterocycles. The molecule has 0 radical (unpaired) electrons. The zero-order chi connectivity index (χ0) is 12.7. The molecule has 16 heavy (non-hydrogen) atoms. The Morgan fingerprint density at radius 3 is 2.31 bits per heavy atom. The highest BCUT2D eigenvalue weighted by Gasteiger charge is 2.64. The summed E-state index contributed by atoms with van der Waals surface area (Å²) in [5, 5.41) is 10.5. The van der Waals surface area contributed by atoms with E-state index in [0.717, 1.165) is 0 Å². The Kier molecular flexibility index (Phi) is 2.88. The fourth-order valence-corrected chi connectivity index (χ4v) is 1.32. The topological polar surface area (TPSA) is 69.6 Å². The molecule has 0 aromatic carbocycles. The van der Waals surface area contributed by atoms with Crippen molar-refractivity contribution in [1.82, 2.24) is 10.2 Å². The molecule has 0 spiro atoms. The van der Waals surface area contributed by atoms with Crippen LogP contribution in [-0.4, -0.2) is 46.3 Å². The summed E-state index contributed by atoms with van der Waals surface area (Å²) >= 11 is 0. The lowest BCUT2D eigenvalue weighted by molar-refractivity contribution is -0.191. The Labute approximate surface area is 89.2 Å². The van der Waals surface area contributed by atoms with Gasteiger partial charge in [0.2, 0.25) is 5.54 Å². The van der Waals surface area contributed by atoms with Crippen LogP contribution in [0.2, 0.25) is 0 Å². The van der Waals surface area contributed by atoms with E-state index in [1.807, 2.05) is 0 Å². The highest BCUT2D eigenvalue weighted by molar-refractivity contribution is 6.07. The normalized spacial score (nSPS) is 28.2. The van der Waals surface area contributed by atoms with Crippen LogP contribution in [0.25, 0.3) is 0 Å². The predicted molar refractivity (Wildman–Crippen MR) is 46.4 cm³/mol. The lowest BCUT2D eigenvalue weighted by Gasteiger charge is -2.24. The van der Waals surface area contributed by atoms with Crippen molar-refractivity contribution in [3.63, 3.8) is 0 Å². The predicted octanol–water partition coefficient (Wildman–Crippen LogP) is 0.240. The second kappa shape index (κ2) is 3.62. The quantitative estimate of drug-likeness (QED) is 0.679. The number of aliphatic hydroxyl groups excluding tert-OH is 1. The number of carbonyl (C=O) groups is 2. The molecule has 2 atom stereocenters. The van der Waals surface area contributed by atoms with Crippen LogP contribution in [0.3, 0.4) is 0 Å². The fourth-order valence-electron chi connectivity index (χ4n) is 1.32. The van der Waals surface area contributed by atoms with Crippen molar-refractivity contribution < 1.29 is 27.9 Å². The molecule has 2 unspecified atom stereocenters. The lowest BCUT2D eigenvalue weighted by atomic mass is 10.0. The second-order valence-corrected chi connectivity index (χ2v) is 3.82. The number of alkyl halides is 3. The zero-order valence-electron chi connectivity index (χ0n) is 8.63. The monoisotopic (exact) mass is 240 g/mol. The molecule has 0 aromatic rings. The van der Waals surface area contributed by atoms with Crippen molar-refractivity contribution in [3.8, 4) is 0 Å². The molecule has 2 N–H and O–H groups in total. The number of aliphatic hydroxyl groups is 1. The van der Waals surface area contributed by atoms with Crippen LogP contribution >= 0.6 is 0 Å². The molecule has 1 saturated heterocycles.